The molecule has 88 valence electrons. The maximum Gasteiger partial charge on any atom is 0.351 e. The van der Waals surface area contributed by atoms with Crippen LogP contribution in [0.3, 0.4) is 0 Å². The van der Waals surface area contributed by atoms with E-state index in [9.17, 15) is 9.59 Å². The molecule has 0 spiro atoms. The molecule has 1 N–H and O–H groups in total. The van der Waals surface area contributed by atoms with Crippen molar-refractivity contribution in [2.75, 3.05) is 0 Å². The van der Waals surface area contributed by atoms with E-state index in [0.29, 0.717) is 5.57 Å². The Labute approximate surface area is 94.6 Å². The summed E-state index contributed by atoms with van der Waals surface area (Å²) < 4.78 is 5.50. The van der Waals surface area contributed by atoms with Gasteiger partial charge in [-0.2, -0.15) is 4.99 Å². The standard InChI is InChI=1S/C11H16N2O3/c1-6(2)7-8(14)12-10(15)13-9(7)16-11(3,4)5/h1-5H3,(H,12,14,15). The highest BCUT2D eigenvalue weighted by Gasteiger charge is 2.29. The maximum atomic E-state index is 11.6. The second-order valence-electron chi connectivity index (χ2n) is 4.77. The van der Waals surface area contributed by atoms with E-state index in [0.717, 1.165) is 5.57 Å². The van der Waals surface area contributed by atoms with Gasteiger partial charge in [-0.3, -0.25) is 10.1 Å². The van der Waals surface area contributed by atoms with E-state index in [2.05, 4.69) is 10.3 Å². The molecule has 0 atom stereocenters. The highest BCUT2D eigenvalue weighted by atomic mass is 16.5. The quantitative estimate of drug-likeness (QED) is 0.638. The number of ether oxygens (including phenoxy) is 1. The van der Waals surface area contributed by atoms with E-state index < -0.39 is 17.5 Å². The molecule has 5 nitrogen and oxygen atoms in total. The van der Waals surface area contributed by atoms with Crippen LogP contribution in [0.25, 0.3) is 0 Å². The molecule has 16 heavy (non-hydrogen) atoms. The van der Waals surface area contributed by atoms with Gasteiger partial charge in [-0.25, -0.2) is 4.79 Å². The van der Waals surface area contributed by atoms with E-state index in [1.807, 2.05) is 20.8 Å². The first-order chi connectivity index (χ1) is 7.20. The third kappa shape index (κ3) is 2.92. The number of hydrogen-bond acceptors (Lipinski definition) is 3. The Balaban J connectivity index is 3.16. The van der Waals surface area contributed by atoms with Crippen LogP contribution in [0.2, 0.25) is 0 Å². The molecule has 1 rings (SSSR count). The van der Waals surface area contributed by atoms with E-state index in [1.54, 1.807) is 13.8 Å². The molecule has 0 saturated heterocycles. The molecule has 1 aliphatic heterocycles. The van der Waals surface area contributed by atoms with E-state index in [-0.39, 0.29) is 5.90 Å². The molecule has 0 saturated carbocycles. The summed E-state index contributed by atoms with van der Waals surface area (Å²) in [4.78, 5) is 26.4. The summed E-state index contributed by atoms with van der Waals surface area (Å²) in [5.74, 6) is -0.361. The minimum Gasteiger partial charge on any atom is -0.471 e. The lowest BCUT2D eigenvalue weighted by Gasteiger charge is -2.25. The van der Waals surface area contributed by atoms with Gasteiger partial charge in [-0.05, 0) is 34.6 Å². The zero-order valence-corrected chi connectivity index (χ0v) is 10.2. The minimum atomic E-state index is -0.686. The number of urea groups is 1. The fourth-order valence-corrected chi connectivity index (χ4v) is 1.24. The summed E-state index contributed by atoms with van der Waals surface area (Å²) in [5.41, 5.74) is 0.583. The van der Waals surface area contributed by atoms with Gasteiger partial charge in [0.2, 0.25) is 5.90 Å². The second-order valence-corrected chi connectivity index (χ2v) is 4.77. The van der Waals surface area contributed by atoms with Crippen LogP contribution in [0.15, 0.2) is 16.1 Å². The lowest BCUT2D eigenvalue weighted by atomic mass is 10.1. The molecular weight excluding hydrogens is 208 g/mol. The van der Waals surface area contributed by atoms with Gasteiger partial charge in [0, 0.05) is 0 Å². The smallest absolute Gasteiger partial charge is 0.351 e. The van der Waals surface area contributed by atoms with Gasteiger partial charge in [0.05, 0.1) is 0 Å². The number of imide groups is 1. The molecule has 0 radical (unpaired) electrons. The summed E-state index contributed by atoms with van der Waals surface area (Å²) in [7, 11) is 0. The molecular formula is C11H16N2O3. The summed E-state index contributed by atoms with van der Waals surface area (Å²) >= 11 is 0. The van der Waals surface area contributed by atoms with Crippen LogP contribution in [-0.2, 0) is 9.53 Å². The zero-order chi connectivity index (χ0) is 12.5. The summed E-state index contributed by atoms with van der Waals surface area (Å²) in [5, 5.41) is 2.12. The van der Waals surface area contributed by atoms with Crippen LogP contribution >= 0.6 is 0 Å². The highest BCUT2D eigenvalue weighted by Crippen LogP contribution is 2.17. The van der Waals surface area contributed by atoms with Crippen molar-refractivity contribution in [3.8, 4) is 0 Å². The van der Waals surface area contributed by atoms with Crippen LogP contribution in [-0.4, -0.2) is 23.4 Å². The number of nitrogens with one attached hydrogen (secondary N) is 1. The highest BCUT2D eigenvalue weighted by molar-refractivity contribution is 6.27. The molecule has 0 aromatic rings. The van der Waals surface area contributed by atoms with Gasteiger partial charge in [0.1, 0.15) is 11.2 Å². The Kier molecular flexibility index (Phi) is 3.16. The van der Waals surface area contributed by atoms with Crippen LogP contribution in [0.5, 0.6) is 0 Å². The molecule has 1 heterocycles. The van der Waals surface area contributed by atoms with Gasteiger partial charge in [-0.15, -0.1) is 0 Å². The Hall–Kier alpha value is -1.65. The van der Waals surface area contributed by atoms with Crippen LogP contribution in [0, 0.1) is 0 Å². The molecule has 3 amide bonds. The SMILES string of the molecule is CC(C)=C1C(=O)NC(=O)N=C1OC(C)(C)C. The summed E-state index contributed by atoms with van der Waals surface area (Å²) in [6, 6.07) is -0.686. The molecule has 0 bridgehead atoms. The number of hydrogen-bond donors (Lipinski definition) is 1. The van der Waals surface area contributed by atoms with Gasteiger partial charge in [-0.1, -0.05) is 5.57 Å². The Morgan fingerprint density at radius 1 is 1.25 bits per heavy atom. The number of carbonyl (C=O) groups excluding carboxylic acids is 2. The fourth-order valence-electron chi connectivity index (χ4n) is 1.24. The first-order valence-corrected chi connectivity index (χ1v) is 5.01. The molecule has 1 aliphatic rings. The number of amides is 3. The van der Waals surface area contributed by atoms with E-state index >= 15 is 0 Å². The van der Waals surface area contributed by atoms with Crippen molar-refractivity contribution in [1.29, 1.82) is 0 Å². The van der Waals surface area contributed by atoms with Crippen molar-refractivity contribution in [2.45, 2.75) is 40.2 Å². The van der Waals surface area contributed by atoms with Crippen molar-refractivity contribution >= 4 is 17.8 Å². The molecule has 0 unspecified atom stereocenters. The normalized spacial score (nSPS) is 16.8. The number of rotatable bonds is 0. The van der Waals surface area contributed by atoms with Gasteiger partial charge < -0.3 is 4.74 Å². The monoisotopic (exact) mass is 224 g/mol. The Morgan fingerprint density at radius 3 is 2.25 bits per heavy atom. The van der Waals surface area contributed by atoms with Gasteiger partial charge in [0.15, 0.2) is 0 Å². The third-order valence-electron chi connectivity index (χ3n) is 1.77. The summed E-state index contributed by atoms with van der Waals surface area (Å²) in [6.07, 6.45) is 0. The number of carbonyl (C=O) groups is 2. The van der Waals surface area contributed by atoms with Crippen molar-refractivity contribution < 1.29 is 14.3 Å². The number of allylic oxidation sites excluding steroid dienone is 1. The number of nitrogens with zero attached hydrogens (tertiary/aromatic N) is 1. The predicted molar refractivity (Wildman–Crippen MR) is 60.2 cm³/mol. The first kappa shape index (κ1) is 12.4. The average molecular weight is 224 g/mol. The predicted octanol–water partition coefficient (Wildman–Crippen LogP) is 1.79. The molecule has 0 fully saturated rings. The van der Waals surface area contributed by atoms with Crippen LogP contribution < -0.4 is 5.32 Å². The molecule has 0 aromatic carbocycles. The van der Waals surface area contributed by atoms with Crippen LogP contribution in [0.4, 0.5) is 4.79 Å². The van der Waals surface area contributed by atoms with Crippen molar-refractivity contribution in [3.05, 3.63) is 11.1 Å². The minimum absolute atomic E-state index is 0.0984. The first-order valence-electron chi connectivity index (χ1n) is 5.01. The van der Waals surface area contributed by atoms with Crippen LogP contribution in [0.1, 0.15) is 34.6 Å². The fraction of sp³-hybridized carbons (Fsp3) is 0.545. The van der Waals surface area contributed by atoms with Crippen molar-refractivity contribution in [1.82, 2.24) is 5.32 Å². The Morgan fingerprint density at radius 2 is 1.81 bits per heavy atom. The topological polar surface area (TPSA) is 67.8 Å². The lowest BCUT2D eigenvalue weighted by Crippen LogP contribution is -2.41. The lowest BCUT2D eigenvalue weighted by molar-refractivity contribution is -0.116. The Bertz CT molecular complexity index is 396. The average Bonchev–Trinajstić information content (AvgIpc) is 1.96. The summed E-state index contributed by atoms with van der Waals surface area (Å²) in [6.45, 7) is 9.03. The second kappa shape index (κ2) is 4.08. The van der Waals surface area contributed by atoms with Crippen molar-refractivity contribution in [3.63, 3.8) is 0 Å². The number of aliphatic imine (C=N–C) groups is 1. The van der Waals surface area contributed by atoms with E-state index in [4.69, 9.17) is 4.74 Å². The zero-order valence-electron chi connectivity index (χ0n) is 10.2. The van der Waals surface area contributed by atoms with E-state index in [1.165, 1.54) is 0 Å². The molecule has 0 aliphatic carbocycles. The van der Waals surface area contributed by atoms with Gasteiger partial charge in [0.25, 0.3) is 5.91 Å². The third-order valence-corrected chi connectivity index (χ3v) is 1.77. The molecule has 0 aromatic heterocycles. The molecule has 5 heteroatoms. The van der Waals surface area contributed by atoms with Gasteiger partial charge >= 0.3 is 6.03 Å². The maximum absolute atomic E-state index is 11.6. The van der Waals surface area contributed by atoms with Crippen molar-refractivity contribution in [2.24, 2.45) is 4.99 Å². The largest absolute Gasteiger partial charge is 0.471 e.